The average molecular weight is 285 g/mol. The van der Waals surface area contributed by atoms with Crippen LogP contribution in [0.2, 0.25) is 0 Å². The fourth-order valence-electron chi connectivity index (χ4n) is 2.65. The molecule has 0 saturated heterocycles. The summed E-state index contributed by atoms with van der Waals surface area (Å²) >= 11 is 1.97. The van der Waals surface area contributed by atoms with Crippen molar-refractivity contribution < 1.29 is 5.11 Å². The van der Waals surface area contributed by atoms with Crippen molar-refractivity contribution in [1.29, 1.82) is 0 Å². The number of thioether (sulfide) groups is 1. The fourth-order valence-corrected chi connectivity index (χ4v) is 3.74. The zero-order valence-electron chi connectivity index (χ0n) is 11.8. The van der Waals surface area contributed by atoms with Gasteiger partial charge in [-0.3, -0.25) is 0 Å². The SMILES string of the molecule is Cc1cc(NC2CSCc3ccccc32)c(C)cc1O. The lowest BCUT2D eigenvalue weighted by Crippen LogP contribution is -2.19. The summed E-state index contributed by atoms with van der Waals surface area (Å²) in [6.45, 7) is 3.97. The van der Waals surface area contributed by atoms with Crippen LogP contribution in [0.15, 0.2) is 36.4 Å². The van der Waals surface area contributed by atoms with Crippen molar-refractivity contribution in [3.63, 3.8) is 0 Å². The molecular formula is C17H19NOS. The third kappa shape index (κ3) is 2.50. The van der Waals surface area contributed by atoms with Crippen LogP contribution in [0.5, 0.6) is 5.75 Å². The van der Waals surface area contributed by atoms with Crippen LogP contribution >= 0.6 is 11.8 Å². The van der Waals surface area contributed by atoms with E-state index in [9.17, 15) is 5.11 Å². The van der Waals surface area contributed by atoms with Gasteiger partial charge in [-0.1, -0.05) is 24.3 Å². The Balaban J connectivity index is 1.91. The molecule has 0 amide bonds. The molecule has 2 nitrogen and oxygen atoms in total. The van der Waals surface area contributed by atoms with Gasteiger partial charge in [0.15, 0.2) is 0 Å². The highest BCUT2D eigenvalue weighted by Gasteiger charge is 2.20. The average Bonchev–Trinajstić information content (AvgIpc) is 2.45. The molecule has 104 valence electrons. The number of aryl methyl sites for hydroxylation is 2. The van der Waals surface area contributed by atoms with Crippen LogP contribution in [0.25, 0.3) is 0 Å². The minimum atomic E-state index is 0.340. The van der Waals surface area contributed by atoms with Gasteiger partial charge in [-0.05, 0) is 48.2 Å². The first-order valence-electron chi connectivity index (χ1n) is 6.87. The van der Waals surface area contributed by atoms with Crippen LogP contribution in [0.3, 0.4) is 0 Å². The van der Waals surface area contributed by atoms with E-state index in [4.69, 9.17) is 0 Å². The predicted octanol–water partition coefficient (Wildman–Crippen LogP) is 4.41. The quantitative estimate of drug-likeness (QED) is 0.802. The van der Waals surface area contributed by atoms with E-state index in [1.165, 1.54) is 11.1 Å². The summed E-state index contributed by atoms with van der Waals surface area (Å²) in [5.41, 5.74) is 5.93. The van der Waals surface area contributed by atoms with E-state index in [0.29, 0.717) is 11.8 Å². The fraction of sp³-hybridized carbons (Fsp3) is 0.294. The van der Waals surface area contributed by atoms with E-state index in [1.54, 1.807) is 0 Å². The van der Waals surface area contributed by atoms with Gasteiger partial charge in [0.05, 0.1) is 6.04 Å². The zero-order valence-corrected chi connectivity index (χ0v) is 12.6. The molecule has 0 bridgehead atoms. The third-order valence-electron chi connectivity index (χ3n) is 3.85. The molecule has 0 aromatic heterocycles. The van der Waals surface area contributed by atoms with Crippen LogP contribution in [0, 0.1) is 13.8 Å². The van der Waals surface area contributed by atoms with Crippen LogP contribution in [-0.2, 0) is 5.75 Å². The number of nitrogens with one attached hydrogen (secondary N) is 1. The van der Waals surface area contributed by atoms with Gasteiger partial charge in [-0.15, -0.1) is 0 Å². The maximum atomic E-state index is 9.76. The van der Waals surface area contributed by atoms with Gasteiger partial charge < -0.3 is 10.4 Å². The Bertz CT molecular complexity index is 639. The molecule has 1 atom stereocenters. The molecule has 1 aliphatic heterocycles. The number of benzene rings is 2. The van der Waals surface area contributed by atoms with Crippen molar-refractivity contribution in [1.82, 2.24) is 0 Å². The molecule has 0 saturated carbocycles. The number of hydrogen-bond donors (Lipinski definition) is 2. The summed E-state index contributed by atoms with van der Waals surface area (Å²) in [6.07, 6.45) is 0. The molecule has 0 aliphatic carbocycles. The lowest BCUT2D eigenvalue weighted by Gasteiger charge is -2.27. The van der Waals surface area contributed by atoms with E-state index in [0.717, 1.165) is 28.3 Å². The van der Waals surface area contributed by atoms with Crippen molar-refractivity contribution in [2.45, 2.75) is 25.6 Å². The molecule has 0 fully saturated rings. The largest absolute Gasteiger partial charge is 0.508 e. The minimum absolute atomic E-state index is 0.340. The predicted molar refractivity (Wildman–Crippen MR) is 86.5 cm³/mol. The molecule has 20 heavy (non-hydrogen) atoms. The van der Waals surface area contributed by atoms with Gasteiger partial charge in [-0.25, -0.2) is 0 Å². The van der Waals surface area contributed by atoms with Crippen molar-refractivity contribution in [2.24, 2.45) is 0 Å². The summed E-state index contributed by atoms with van der Waals surface area (Å²) in [4.78, 5) is 0. The summed E-state index contributed by atoms with van der Waals surface area (Å²) in [6, 6.07) is 12.9. The number of rotatable bonds is 2. The lowest BCUT2D eigenvalue weighted by atomic mass is 10.0. The Labute approximate surface area is 124 Å². The highest BCUT2D eigenvalue weighted by molar-refractivity contribution is 7.98. The second kappa shape index (κ2) is 5.41. The summed E-state index contributed by atoms with van der Waals surface area (Å²) in [5, 5.41) is 13.4. The number of phenolic OH excluding ortho intramolecular Hbond substituents is 1. The number of phenols is 1. The molecular weight excluding hydrogens is 266 g/mol. The number of aromatic hydroxyl groups is 1. The van der Waals surface area contributed by atoms with Gasteiger partial charge in [0, 0.05) is 17.2 Å². The van der Waals surface area contributed by atoms with Crippen LogP contribution in [0.1, 0.15) is 28.3 Å². The monoisotopic (exact) mass is 285 g/mol. The molecule has 2 aromatic rings. The lowest BCUT2D eigenvalue weighted by molar-refractivity contribution is 0.470. The van der Waals surface area contributed by atoms with Crippen molar-refractivity contribution in [3.8, 4) is 5.75 Å². The molecule has 3 heteroatoms. The molecule has 0 radical (unpaired) electrons. The first-order valence-corrected chi connectivity index (χ1v) is 8.03. The van der Waals surface area contributed by atoms with Gasteiger partial charge in [-0.2, -0.15) is 11.8 Å². The molecule has 2 aromatic carbocycles. The van der Waals surface area contributed by atoms with Crippen LogP contribution < -0.4 is 5.32 Å². The standard InChI is InChI=1S/C17H19NOS/c1-11-8-17(19)12(2)7-15(11)18-16-10-20-9-13-5-3-4-6-14(13)16/h3-8,16,18-19H,9-10H2,1-2H3. The Morgan fingerprint density at radius 3 is 2.80 bits per heavy atom. The maximum Gasteiger partial charge on any atom is 0.118 e. The van der Waals surface area contributed by atoms with Gasteiger partial charge in [0.2, 0.25) is 0 Å². The minimum Gasteiger partial charge on any atom is -0.508 e. The Hall–Kier alpha value is -1.61. The summed E-state index contributed by atoms with van der Waals surface area (Å²) in [7, 11) is 0. The molecule has 0 spiro atoms. The molecule has 1 heterocycles. The number of fused-ring (bicyclic) bond motifs is 1. The zero-order chi connectivity index (χ0) is 14.1. The highest BCUT2D eigenvalue weighted by Crippen LogP contribution is 2.35. The Kier molecular flexibility index (Phi) is 3.62. The third-order valence-corrected chi connectivity index (χ3v) is 4.93. The molecule has 1 unspecified atom stereocenters. The summed E-state index contributed by atoms with van der Waals surface area (Å²) < 4.78 is 0. The van der Waals surface area contributed by atoms with Crippen molar-refractivity contribution in [2.75, 3.05) is 11.1 Å². The maximum absolute atomic E-state index is 9.76. The molecule has 3 rings (SSSR count). The van der Waals surface area contributed by atoms with Gasteiger partial charge >= 0.3 is 0 Å². The topological polar surface area (TPSA) is 32.3 Å². The van der Waals surface area contributed by atoms with Crippen molar-refractivity contribution in [3.05, 3.63) is 58.7 Å². The van der Waals surface area contributed by atoms with E-state index in [-0.39, 0.29) is 0 Å². The Morgan fingerprint density at radius 2 is 1.95 bits per heavy atom. The van der Waals surface area contributed by atoms with E-state index in [1.807, 2.05) is 37.7 Å². The van der Waals surface area contributed by atoms with E-state index >= 15 is 0 Å². The smallest absolute Gasteiger partial charge is 0.118 e. The van der Waals surface area contributed by atoms with E-state index < -0.39 is 0 Å². The van der Waals surface area contributed by atoms with Crippen molar-refractivity contribution >= 4 is 17.4 Å². The van der Waals surface area contributed by atoms with E-state index in [2.05, 4.69) is 29.6 Å². The first-order chi connectivity index (χ1) is 9.65. The van der Waals surface area contributed by atoms with Crippen LogP contribution in [-0.4, -0.2) is 10.9 Å². The second-order valence-corrected chi connectivity index (χ2v) is 6.39. The highest BCUT2D eigenvalue weighted by atomic mass is 32.2. The molecule has 2 N–H and O–H groups in total. The molecule has 1 aliphatic rings. The number of hydrogen-bond acceptors (Lipinski definition) is 3. The van der Waals surface area contributed by atoms with Crippen LogP contribution in [0.4, 0.5) is 5.69 Å². The van der Waals surface area contributed by atoms with Gasteiger partial charge in [0.1, 0.15) is 5.75 Å². The summed E-state index contributed by atoms with van der Waals surface area (Å²) in [5.74, 6) is 2.55. The number of anilines is 1. The normalized spacial score (nSPS) is 17.6. The Morgan fingerprint density at radius 1 is 1.15 bits per heavy atom. The second-order valence-electron chi connectivity index (χ2n) is 5.36. The first kappa shape index (κ1) is 13.4. The van der Waals surface area contributed by atoms with Gasteiger partial charge in [0.25, 0.3) is 0 Å².